The van der Waals surface area contributed by atoms with Crippen molar-refractivity contribution in [3.05, 3.63) is 47.8 Å². The fourth-order valence-electron chi connectivity index (χ4n) is 4.77. The van der Waals surface area contributed by atoms with Crippen LogP contribution in [0.1, 0.15) is 24.8 Å². The first-order chi connectivity index (χ1) is 16.9. The van der Waals surface area contributed by atoms with E-state index in [1.165, 1.54) is 24.3 Å². The van der Waals surface area contributed by atoms with Crippen LogP contribution in [-0.2, 0) is 31.1 Å². The fourth-order valence-corrected chi connectivity index (χ4v) is 5.97. The number of sulfonamides is 1. The number of carbonyl (C=O) groups excluding carboxylic acids is 1. The highest BCUT2D eigenvalue weighted by Crippen LogP contribution is 2.28. The van der Waals surface area contributed by atoms with Gasteiger partial charge in [0.2, 0.25) is 15.9 Å². The number of primary sulfonamides is 1. The highest BCUT2D eigenvalue weighted by Gasteiger charge is 2.26. The number of piperidine rings is 1. The second-order valence-corrected chi connectivity index (χ2v) is 12.9. The molecular formula is C24H31FN4O5S2. The summed E-state index contributed by atoms with van der Waals surface area (Å²) in [6.45, 7) is 3.19. The number of hydrogen-bond donors (Lipinski definition) is 1. The number of hydrogen-bond acceptors (Lipinski definition) is 7. The average Bonchev–Trinajstić information content (AvgIpc) is 2.83. The molecule has 2 heterocycles. The van der Waals surface area contributed by atoms with Crippen molar-refractivity contribution in [3.63, 3.8) is 0 Å². The van der Waals surface area contributed by atoms with Crippen LogP contribution in [0.15, 0.2) is 46.2 Å². The zero-order chi connectivity index (χ0) is 26.1. The third kappa shape index (κ3) is 5.98. The summed E-state index contributed by atoms with van der Waals surface area (Å²) in [4.78, 5) is 18.7. The van der Waals surface area contributed by atoms with Gasteiger partial charge in [0.05, 0.1) is 21.9 Å². The van der Waals surface area contributed by atoms with Crippen molar-refractivity contribution >= 4 is 37.1 Å². The summed E-state index contributed by atoms with van der Waals surface area (Å²) in [7, 11) is -7.42. The number of amides is 1. The minimum Gasteiger partial charge on any atom is -0.371 e. The number of piperazine rings is 1. The number of nitrogens with two attached hydrogens (primary N) is 1. The molecule has 36 heavy (non-hydrogen) atoms. The molecule has 2 fully saturated rings. The largest absolute Gasteiger partial charge is 0.371 e. The van der Waals surface area contributed by atoms with Gasteiger partial charge in [0.25, 0.3) is 0 Å². The Morgan fingerprint density at radius 3 is 2.00 bits per heavy atom. The highest BCUT2D eigenvalue weighted by atomic mass is 32.2. The minimum atomic E-state index is -3.91. The van der Waals surface area contributed by atoms with E-state index >= 15 is 0 Å². The fraction of sp³-hybridized carbons (Fsp3) is 0.458. The molecule has 0 saturated carbocycles. The van der Waals surface area contributed by atoms with E-state index in [1.807, 2.05) is 0 Å². The van der Waals surface area contributed by atoms with Gasteiger partial charge in [-0.25, -0.2) is 26.4 Å². The lowest BCUT2D eigenvalue weighted by Gasteiger charge is -2.37. The van der Waals surface area contributed by atoms with Crippen molar-refractivity contribution in [1.82, 2.24) is 4.90 Å². The Morgan fingerprint density at radius 2 is 1.42 bits per heavy atom. The van der Waals surface area contributed by atoms with Crippen LogP contribution in [-0.4, -0.2) is 73.2 Å². The third-order valence-electron chi connectivity index (χ3n) is 6.74. The predicted octanol–water partition coefficient (Wildman–Crippen LogP) is 1.76. The predicted molar refractivity (Wildman–Crippen MR) is 136 cm³/mol. The minimum absolute atomic E-state index is 0.0242. The third-order valence-corrected chi connectivity index (χ3v) is 8.76. The van der Waals surface area contributed by atoms with Gasteiger partial charge < -0.3 is 14.7 Å². The lowest BCUT2D eigenvalue weighted by Crippen LogP contribution is -2.49. The van der Waals surface area contributed by atoms with E-state index < -0.39 is 25.7 Å². The smallest absolute Gasteiger partial charge is 0.238 e. The Bertz CT molecular complexity index is 1350. The van der Waals surface area contributed by atoms with Gasteiger partial charge in [-0.3, -0.25) is 4.79 Å². The highest BCUT2D eigenvalue weighted by molar-refractivity contribution is 7.90. The molecule has 9 nitrogen and oxygen atoms in total. The topological polar surface area (TPSA) is 121 Å². The van der Waals surface area contributed by atoms with Crippen LogP contribution in [0.4, 0.5) is 15.8 Å². The van der Waals surface area contributed by atoms with E-state index in [2.05, 4.69) is 4.90 Å². The number of rotatable bonds is 6. The maximum atomic E-state index is 14.6. The van der Waals surface area contributed by atoms with Gasteiger partial charge in [-0.2, -0.15) is 0 Å². The van der Waals surface area contributed by atoms with E-state index in [9.17, 15) is 26.0 Å². The van der Waals surface area contributed by atoms with Crippen molar-refractivity contribution in [1.29, 1.82) is 0 Å². The summed E-state index contributed by atoms with van der Waals surface area (Å²) in [5.74, 6) is -0.768. The molecule has 2 aliphatic heterocycles. The van der Waals surface area contributed by atoms with Crippen LogP contribution >= 0.6 is 0 Å². The number of anilines is 2. The molecule has 12 heteroatoms. The van der Waals surface area contributed by atoms with E-state index in [-0.39, 0.29) is 22.1 Å². The molecule has 0 aliphatic carbocycles. The van der Waals surface area contributed by atoms with Crippen LogP contribution in [0.3, 0.4) is 0 Å². The number of benzene rings is 2. The molecule has 2 aromatic carbocycles. The molecule has 2 saturated heterocycles. The molecule has 0 radical (unpaired) electrons. The van der Waals surface area contributed by atoms with Gasteiger partial charge in [-0.15, -0.1) is 0 Å². The zero-order valence-electron chi connectivity index (χ0n) is 20.2. The van der Waals surface area contributed by atoms with Gasteiger partial charge in [0.1, 0.15) is 5.82 Å². The van der Waals surface area contributed by atoms with Crippen LogP contribution in [0.25, 0.3) is 0 Å². The van der Waals surface area contributed by atoms with Crippen molar-refractivity contribution in [3.8, 4) is 0 Å². The molecule has 2 N–H and O–H groups in total. The van der Waals surface area contributed by atoms with Gasteiger partial charge in [-0.05, 0) is 61.2 Å². The van der Waals surface area contributed by atoms with Gasteiger partial charge in [0, 0.05) is 51.2 Å². The molecule has 0 spiro atoms. The standard InChI is InChI=1S/C24H31FN4O5S2/c1-35(31,32)19-5-8-23(21(25)17-19)28-11-13-29(14-12-28)24(30)16-18-15-20(36(26,33)34)6-7-22(18)27-9-3-2-4-10-27/h5-8,15,17H,2-4,9-14,16H2,1H3,(H2,26,33,34). The average molecular weight is 539 g/mol. The quantitative estimate of drug-likeness (QED) is 0.595. The van der Waals surface area contributed by atoms with E-state index in [4.69, 9.17) is 5.14 Å². The normalized spacial score (nSPS) is 17.4. The van der Waals surface area contributed by atoms with Gasteiger partial charge in [0.15, 0.2) is 9.84 Å². The molecular weight excluding hydrogens is 507 g/mol. The lowest BCUT2D eigenvalue weighted by atomic mass is 10.0. The molecule has 1 amide bonds. The number of carbonyl (C=O) groups is 1. The van der Waals surface area contributed by atoms with E-state index in [0.29, 0.717) is 37.4 Å². The Balaban J connectivity index is 1.47. The summed E-state index contributed by atoms with van der Waals surface area (Å²) < 4.78 is 61.8. The second kappa shape index (κ2) is 10.3. The summed E-state index contributed by atoms with van der Waals surface area (Å²) in [5.41, 5.74) is 1.77. The molecule has 0 aromatic heterocycles. The van der Waals surface area contributed by atoms with Crippen LogP contribution in [0, 0.1) is 5.82 Å². The summed E-state index contributed by atoms with van der Waals surface area (Å²) in [6, 6.07) is 8.55. The van der Waals surface area contributed by atoms with Crippen LogP contribution < -0.4 is 14.9 Å². The number of nitrogens with zero attached hydrogens (tertiary/aromatic N) is 3. The van der Waals surface area contributed by atoms with Crippen LogP contribution in [0.2, 0.25) is 0 Å². The van der Waals surface area contributed by atoms with Crippen molar-refractivity contribution in [2.45, 2.75) is 35.5 Å². The second-order valence-electron chi connectivity index (χ2n) is 9.31. The van der Waals surface area contributed by atoms with Crippen molar-refractivity contribution in [2.75, 3.05) is 55.3 Å². The molecule has 0 unspecified atom stereocenters. The molecule has 2 aliphatic rings. The zero-order valence-corrected chi connectivity index (χ0v) is 21.8. The summed E-state index contributed by atoms with van der Waals surface area (Å²) >= 11 is 0. The van der Waals surface area contributed by atoms with Gasteiger partial charge >= 0.3 is 0 Å². The first kappa shape index (κ1) is 26.4. The number of halogens is 1. The molecule has 0 bridgehead atoms. The maximum Gasteiger partial charge on any atom is 0.238 e. The molecule has 4 rings (SSSR count). The lowest BCUT2D eigenvalue weighted by molar-refractivity contribution is -0.130. The monoisotopic (exact) mass is 538 g/mol. The summed E-state index contributed by atoms with van der Waals surface area (Å²) in [6.07, 6.45) is 4.28. The van der Waals surface area contributed by atoms with Crippen LogP contribution in [0.5, 0.6) is 0 Å². The Hall–Kier alpha value is -2.70. The van der Waals surface area contributed by atoms with Crippen molar-refractivity contribution < 1.29 is 26.0 Å². The van der Waals surface area contributed by atoms with E-state index in [1.54, 1.807) is 15.9 Å². The SMILES string of the molecule is CS(=O)(=O)c1ccc(N2CCN(C(=O)Cc3cc(S(N)(=O)=O)ccc3N3CCCCC3)CC2)c(F)c1. The van der Waals surface area contributed by atoms with E-state index in [0.717, 1.165) is 50.4 Å². The summed E-state index contributed by atoms with van der Waals surface area (Å²) in [5, 5.41) is 5.34. The first-order valence-corrected chi connectivity index (χ1v) is 15.3. The Kier molecular flexibility index (Phi) is 7.58. The van der Waals surface area contributed by atoms with Crippen molar-refractivity contribution in [2.24, 2.45) is 5.14 Å². The molecule has 2 aromatic rings. The molecule has 196 valence electrons. The first-order valence-electron chi connectivity index (χ1n) is 11.9. The Morgan fingerprint density at radius 1 is 0.833 bits per heavy atom. The van der Waals surface area contributed by atoms with Gasteiger partial charge in [-0.1, -0.05) is 0 Å². The molecule has 0 atom stereocenters. The maximum absolute atomic E-state index is 14.6. The Labute approximate surface area is 211 Å². The number of sulfone groups is 1.